The average molecular weight is 254 g/mol. The van der Waals surface area contributed by atoms with Crippen molar-refractivity contribution in [1.82, 2.24) is 0 Å². The normalized spacial score (nSPS) is 10.4. The molecule has 0 atom stereocenters. The quantitative estimate of drug-likeness (QED) is 0.592. The number of halogens is 4. The van der Waals surface area contributed by atoms with E-state index in [-0.39, 0.29) is 0 Å². The molecule has 0 spiro atoms. The summed E-state index contributed by atoms with van der Waals surface area (Å²) < 4.78 is 52.3. The van der Waals surface area contributed by atoms with Gasteiger partial charge in [-0.05, 0) is 24.3 Å². The SMILES string of the molecule is O=C(c1ccc(F)cc1F)c1cccc(F)c1F. The molecule has 0 saturated heterocycles. The van der Waals surface area contributed by atoms with Crippen LogP contribution in [0.25, 0.3) is 0 Å². The number of carbonyl (C=O) groups is 1. The van der Waals surface area contributed by atoms with Gasteiger partial charge in [0.05, 0.1) is 11.1 Å². The van der Waals surface area contributed by atoms with Gasteiger partial charge in [0.25, 0.3) is 0 Å². The third-order valence-corrected chi connectivity index (χ3v) is 2.37. The van der Waals surface area contributed by atoms with E-state index in [1.165, 1.54) is 0 Å². The van der Waals surface area contributed by atoms with Crippen LogP contribution in [-0.2, 0) is 0 Å². The second kappa shape index (κ2) is 4.60. The fourth-order valence-electron chi connectivity index (χ4n) is 1.50. The Labute approximate surface area is 99.7 Å². The summed E-state index contributed by atoms with van der Waals surface area (Å²) in [5.41, 5.74) is -1.11. The Balaban J connectivity index is 2.51. The van der Waals surface area contributed by atoms with Crippen molar-refractivity contribution in [2.75, 3.05) is 0 Å². The van der Waals surface area contributed by atoms with E-state index in [0.717, 1.165) is 30.3 Å². The fraction of sp³-hybridized carbons (Fsp3) is 0. The van der Waals surface area contributed by atoms with Crippen LogP contribution in [0.15, 0.2) is 36.4 Å². The van der Waals surface area contributed by atoms with Crippen LogP contribution in [0.4, 0.5) is 17.6 Å². The summed E-state index contributed by atoms with van der Waals surface area (Å²) in [5.74, 6) is -5.58. The van der Waals surface area contributed by atoms with Crippen LogP contribution in [0, 0.1) is 23.3 Å². The highest BCUT2D eigenvalue weighted by molar-refractivity contribution is 6.09. The zero-order chi connectivity index (χ0) is 13.3. The van der Waals surface area contributed by atoms with Gasteiger partial charge in [-0.25, -0.2) is 17.6 Å². The molecule has 2 rings (SSSR count). The van der Waals surface area contributed by atoms with Crippen LogP contribution in [0.5, 0.6) is 0 Å². The average Bonchev–Trinajstić information content (AvgIpc) is 2.32. The molecule has 5 heteroatoms. The standard InChI is InChI=1S/C13H6F4O/c14-7-4-5-8(11(16)6-7)13(18)9-2-1-3-10(15)12(9)17/h1-6H. The lowest BCUT2D eigenvalue weighted by Gasteiger charge is -2.04. The lowest BCUT2D eigenvalue weighted by molar-refractivity contribution is 0.103. The molecule has 0 heterocycles. The molecule has 2 aromatic carbocycles. The van der Waals surface area contributed by atoms with Crippen molar-refractivity contribution in [3.8, 4) is 0 Å². The van der Waals surface area contributed by atoms with Crippen molar-refractivity contribution in [3.05, 3.63) is 70.8 Å². The number of rotatable bonds is 2. The van der Waals surface area contributed by atoms with Crippen molar-refractivity contribution < 1.29 is 22.4 Å². The van der Waals surface area contributed by atoms with Crippen LogP contribution in [0.3, 0.4) is 0 Å². The van der Waals surface area contributed by atoms with Crippen molar-refractivity contribution in [3.63, 3.8) is 0 Å². The fourth-order valence-corrected chi connectivity index (χ4v) is 1.50. The van der Waals surface area contributed by atoms with Crippen LogP contribution in [0.2, 0.25) is 0 Å². The Kier molecular flexibility index (Phi) is 3.14. The first-order valence-corrected chi connectivity index (χ1v) is 4.94. The lowest BCUT2D eigenvalue weighted by Crippen LogP contribution is -2.08. The highest BCUT2D eigenvalue weighted by Gasteiger charge is 2.19. The molecular formula is C13H6F4O. The van der Waals surface area contributed by atoms with Gasteiger partial charge in [-0.15, -0.1) is 0 Å². The maximum absolute atomic E-state index is 13.4. The van der Waals surface area contributed by atoms with Crippen molar-refractivity contribution in [1.29, 1.82) is 0 Å². The Morgan fingerprint density at radius 2 is 1.56 bits per heavy atom. The Bertz CT molecular complexity index is 622. The van der Waals surface area contributed by atoms with Gasteiger partial charge in [0, 0.05) is 6.07 Å². The second-order valence-corrected chi connectivity index (χ2v) is 3.55. The van der Waals surface area contributed by atoms with E-state index in [0.29, 0.717) is 6.07 Å². The zero-order valence-electron chi connectivity index (χ0n) is 8.88. The minimum atomic E-state index is -1.36. The van der Waals surface area contributed by atoms with Gasteiger partial charge in [0.1, 0.15) is 11.6 Å². The summed E-state index contributed by atoms with van der Waals surface area (Å²) in [7, 11) is 0. The largest absolute Gasteiger partial charge is 0.288 e. The number of ketones is 1. The van der Waals surface area contributed by atoms with Gasteiger partial charge in [0.15, 0.2) is 17.4 Å². The van der Waals surface area contributed by atoms with Gasteiger partial charge < -0.3 is 0 Å². The first kappa shape index (κ1) is 12.3. The van der Waals surface area contributed by atoms with Crippen molar-refractivity contribution in [2.24, 2.45) is 0 Å². The van der Waals surface area contributed by atoms with Crippen molar-refractivity contribution in [2.45, 2.75) is 0 Å². The van der Waals surface area contributed by atoms with E-state index in [1.54, 1.807) is 0 Å². The highest BCUT2D eigenvalue weighted by atomic mass is 19.2. The van der Waals surface area contributed by atoms with Crippen LogP contribution >= 0.6 is 0 Å². The molecule has 2 aromatic rings. The molecule has 0 aromatic heterocycles. The van der Waals surface area contributed by atoms with Gasteiger partial charge in [-0.3, -0.25) is 4.79 Å². The number of benzene rings is 2. The summed E-state index contributed by atoms with van der Waals surface area (Å²) in [6, 6.07) is 5.26. The molecule has 0 saturated carbocycles. The maximum Gasteiger partial charge on any atom is 0.199 e. The molecule has 0 fully saturated rings. The molecule has 0 aliphatic heterocycles. The monoisotopic (exact) mass is 254 g/mol. The number of carbonyl (C=O) groups excluding carboxylic acids is 1. The lowest BCUT2D eigenvalue weighted by atomic mass is 10.0. The van der Waals surface area contributed by atoms with Gasteiger partial charge in [0.2, 0.25) is 0 Å². The third-order valence-electron chi connectivity index (χ3n) is 2.37. The van der Waals surface area contributed by atoms with Crippen LogP contribution < -0.4 is 0 Å². The summed E-state index contributed by atoms with van der Waals surface area (Å²) in [6.45, 7) is 0. The summed E-state index contributed by atoms with van der Waals surface area (Å²) in [6.07, 6.45) is 0. The molecule has 0 aliphatic carbocycles. The van der Waals surface area contributed by atoms with E-state index in [9.17, 15) is 22.4 Å². The number of hydrogen-bond acceptors (Lipinski definition) is 1. The van der Waals surface area contributed by atoms with E-state index in [4.69, 9.17) is 0 Å². The van der Waals surface area contributed by atoms with Crippen LogP contribution in [-0.4, -0.2) is 5.78 Å². The summed E-state index contributed by atoms with van der Waals surface area (Å²) >= 11 is 0. The van der Waals surface area contributed by atoms with Crippen LogP contribution in [0.1, 0.15) is 15.9 Å². The Hall–Kier alpha value is -2.17. The Morgan fingerprint density at radius 1 is 0.833 bits per heavy atom. The van der Waals surface area contributed by atoms with E-state index in [2.05, 4.69) is 0 Å². The van der Waals surface area contributed by atoms with E-state index in [1.807, 2.05) is 0 Å². The predicted octanol–water partition coefficient (Wildman–Crippen LogP) is 3.47. The van der Waals surface area contributed by atoms with Gasteiger partial charge in [-0.1, -0.05) is 6.07 Å². The second-order valence-electron chi connectivity index (χ2n) is 3.55. The van der Waals surface area contributed by atoms with E-state index >= 15 is 0 Å². The first-order chi connectivity index (χ1) is 8.50. The molecule has 18 heavy (non-hydrogen) atoms. The predicted molar refractivity (Wildman–Crippen MR) is 56.1 cm³/mol. The van der Waals surface area contributed by atoms with E-state index < -0.39 is 40.2 Å². The zero-order valence-corrected chi connectivity index (χ0v) is 8.88. The molecule has 0 amide bonds. The smallest absolute Gasteiger partial charge is 0.199 e. The minimum Gasteiger partial charge on any atom is -0.288 e. The van der Waals surface area contributed by atoms with Gasteiger partial charge >= 0.3 is 0 Å². The number of hydrogen-bond donors (Lipinski definition) is 0. The minimum absolute atomic E-state index is 0.504. The molecule has 92 valence electrons. The molecule has 0 bridgehead atoms. The molecule has 0 aliphatic rings. The molecular weight excluding hydrogens is 248 g/mol. The van der Waals surface area contributed by atoms with Gasteiger partial charge in [-0.2, -0.15) is 0 Å². The molecule has 0 N–H and O–H groups in total. The summed E-state index contributed by atoms with van der Waals surface area (Å²) in [5, 5.41) is 0. The first-order valence-electron chi connectivity index (χ1n) is 4.94. The molecule has 0 unspecified atom stereocenters. The topological polar surface area (TPSA) is 17.1 Å². The molecule has 0 radical (unpaired) electrons. The maximum atomic E-state index is 13.4. The third kappa shape index (κ3) is 2.11. The molecule has 1 nitrogen and oxygen atoms in total. The highest BCUT2D eigenvalue weighted by Crippen LogP contribution is 2.18. The Morgan fingerprint density at radius 3 is 2.22 bits per heavy atom. The summed E-state index contributed by atoms with van der Waals surface area (Å²) in [4.78, 5) is 11.8. The van der Waals surface area contributed by atoms with Crippen molar-refractivity contribution >= 4 is 5.78 Å².